The molecule has 0 bridgehead atoms. The molecule has 0 rings (SSSR count). The lowest BCUT2D eigenvalue weighted by Crippen LogP contribution is -2.45. The van der Waals surface area contributed by atoms with E-state index in [-0.39, 0.29) is 18.5 Å². The third-order valence-corrected chi connectivity index (χ3v) is 18.2. The molecule has 0 aliphatic carbocycles. The lowest BCUT2D eigenvalue weighted by molar-refractivity contribution is -0.143. The number of hydrogen-bond acceptors (Lipinski definition) is 5. The second-order valence-corrected chi connectivity index (χ2v) is 26.7. The molecule has 2 unspecified atom stereocenters. The number of allylic oxidation sites excluding steroid dienone is 3. The SMILES string of the molecule is CCCCCCC/C=C\CCCCCCCC(=O)OCCCCCCCCCCCCCCCCCCCCCCCCCCCCCCCCCCC(=O)NC(CO)C(O)/C=C/CCCCCCCCCCCCCCCCCCCCC. The van der Waals surface area contributed by atoms with Crippen LogP contribution in [0.5, 0.6) is 0 Å². The predicted octanol–water partition coefficient (Wildman–Crippen LogP) is 25.3. The van der Waals surface area contributed by atoms with E-state index in [2.05, 4.69) is 31.3 Å². The smallest absolute Gasteiger partial charge is 0.305 e. The number of carbonyl (C=O) groups excluding carboxylic acids is 2. The van der Waals surface area contributed by atoms with Crippen LogP contribution in [0.25, 0.3) is 0 Å². The molecule has 0 fully saturated rings. The van der Waals surface area contributed by atoms with Gasteiger partial charge in [0, 0.05) is 12.8 Å². The van der Waals surface area contributed by atoms with Crippen molar-refractivity contribution in [1.82, 2.24) is 5.32 Å². The first-order chi connectivity index (χ1) is 41.5. The van der Waals surface area contributed by atoms with Crippen LogP contribution in [0.1, 0.15) is 438 Å². The van der Waals surface area contributed by atoms with E-state index in [0.29, 0.717) is 19.4 Å². The standard InChI is InChI=1S/C78H151NO5/c1-3-5-7-9-11-13-15-17-19-20-21-34-37-40-43-46-50-54-58-62-66-70-76(81)75(74-80)79-77(82)71-67-63-59-55-51-47-44-41-38-35-32-30-28-26-24-22-23-25-27-29-31-33-36-39-42-45-49-53-57-61-65-69-73-84-78(83)72-68-64-60-56-52-48-18-16-14-12-10-8-6-4-2/h16,18,66,70,75-76,80-81H,3-15,17,19-65,67-69,71-74H2,1-2H3,(H,79,82)/b18-16-,70-66+. The van der Waals surface area contributed by atoms with E-state index in [0.717, 1.165) is 44.9 Å². The van der Waals surface area contributed by atoms with E-state index in [1.165, 1.54) is 366 Å². The maximum Gasteiger partial charge on any atom is 0.305 e. The van der Waals surface area contributed by atoms with Crippen LogP contribution in [0.2, 0.25) is 0 Å². The number of ether oxygens (including phenoxy) is 1. The van der Waals surface area contributed by atoms with Gasteiger partial charge in [0.25, 0.3) is 0 Å². The molecule has 0 aliphatic heterocycles. The Hall–Kier alpha value is -1.66. The zero-order valence-electron chi connectivity index (χ0n) is 57.2. The first kappa shape index (κ1) is 82.3. The van der Waals surface area contributed by atoms with Gasteiger partial charge in [-0.1, -0.05) is 391 Å². The minimum atomic E-state index is -0.842. The van der Waals surface area contributed by atoms with Gasteiger partial charge < -0.3 is 20.3 Å². The van der Waals surface area contributed by atoms with Crippen molar-refractivity contribution in [3.05, 3.63) is 24.3 Å². The summed E-state index contributed by atoms with van der Waals surface area (Å²) in [5.41, 5.74) is 0. The molecule has 6 nitrogen and oxygen atoms in total. The molecule has 0 aliphatic rings. The molecule has 0 aromatic heterocycles. The summed E-state index contributed by atoms with van der Waals surface area (Å²) < 4.78 is 5.49. The molecular formula is C78H151NO5. The summed E-state index contributed by atoms with van der Waals surface area (Å²) in [5, 5.41) is 23.3. The molecule has 0 saturated heterocycles. The molecule has 0 aromatic carbocycles. The number of hydrogen-bond donors (Lipinski definition) is 3. The highest BCUT2D eigenvalue weighted by Crippen LogP contribution is 2.20. The van der Waals surface area contributed by atoms with Crippen molar-refractivity contribution < 1.29 is 24.5 Å². The number of aliphatic hydroxyl groups is 2. The van der Waals surface area contributed by atoms with Crippen LogP contribution in [0.15, 0.2) is 24.3 Å². The van der Waals surface area contributed by atoms with Gasteiger partial charge in [0.05, 0.1) is 25.4 Å². The zero-order valence-corrected chi connectivity index (χ0v) is 57.2. The van der Waals surface area contributed by atoms with Crippen molar-refractivity contribution in [1.29, 1.82) is 0 Å². The highest BCUT2D eigenvalue weighted by atomic mass is 16.5. The summed E-state index contributed by atoms with van der Waals surface area (Å²) in [5.74, 6) is -0.0456. The monoisotopic (exact) mass is 1180 g/mol. The van der Waals surface area contributed by atoms with E-state index < -0.39 is 12.1 Å². The largest absolute Gasteiger partial charge is 0.466 e. The number of carbonyl (C=O) groups is 2. The van der Waals surface area contributed by atoms with Crippen LogP contribution in [-0.2, 0) is 14.3 Å². The Morgan fingerprint density at radius 2 is 0.560 bits per heavy atom. The molecular weight excluding hydrogens is 1030 g/mol. The van der Waals surface area contributed by atoms with Gasteiger partial charge in [0.1, 0.15) is 0 Å². The van der Waals surface area contributed by atoms with Crippen molar-refractivity contribution in [2.75, 3.05) is 13.2 Å². The van der Waals surface area contributed by atoms with Gasteiger partial charge in [0.2, 0.25) is 5.91 Å². The van der Waals surface area contributed by atoms with E-state index >= 15 is 0 Å². The molecule has 6 heteroatoms. The van der Waals surface area contributed by atoms with E-state index in [1.54, 1.807) is 6.08 Å². The third-order valence-electron chi connectivity index (χ3n) is 18.2. The van der Waals surface area contributed by atoms with E-state index in [9.17, 15) is 19.8 Å². The van der Waals surface area contributed by atoms with E-state index in [4.69, 9.17) is 4.74 Å². The molecule has 498 valence electrons. The minimum absolute atomic E-state index is 0.0132. The Kier molecular flexibility index (Phi) is 72.3. The van der Waals surface area contributed by atoms with Crippen LogP contribution in [0.4, 0.5) is 0 Å². The summed E-state index contributed by atoms with van der Waals surface area (Å²) in [6.45, 7) is 4.94. The van der Waals surface area contributed by atoms with Crippen LogP contribution in [0, 0.1) is 0 Å². The number of aliphatic hydroxyl groups excluding tert-OH is 2. The fraction of sp³-hybridized carbons (Fsp3) is 0.923. The van der Waals surface area contributed by atoms with Crippen LogP contribution in [0.3, 0.4) is 0 Å². The highest BCUT2D eigenvalue weighted by Gasteiger charge is 2.18. The summed E-state index contributed by atoms with van der Waals surface area (Å²) >= 11 is 0. The quantitative estimate of drug-likeness (QED) is 0.0320. The van der Waals surface area contributed by atoms with Gasteiger partial charge in [0.15, 0.2) is 0 Å². The number of unbranched alkanes of at least 4 members (excludes halogenated alkanes) is 60. The Balaban J connectivity index is 3.35. The van der Waals surface area contributed by atoms with Gasteiger partial charge in [-0.3, -0.25) is 9.59 Å². The summed E-state index contributed by atoms with van der Waals surface area (Å²) in [4.78, 5) is 24.6. The Labute approximate surface area is 526 Å². The molecule has 0 aromatic rings. The number of amides is 1. The molecule has 84 heavy (non-hydrogen) atoms. The zero-order chi connectivity index (χ0) is 60.6. The summed E-state index contributed by atoms with van der Waals surface area (Å²) in [7, 11) is 0. The lowest BCUT2D eigenvalue weighted by Gasteiger charge is -2.20. The Bertz CT molecular complexity index is 1320. The van der Waals surface area contributed by atoms with Gasteiger partial charge >= 0.3 is 5.97 Å². The summed E-state index contributed by atoms with van der Waals surface area (Å²) in [6, 6.07) is -0.625. The van der Waals surface area contributed by atoms with Gasteiger partial charge in [-0.15, -0.1) is 0 Å². The van der Waals surface area contributed by atoms with Crippen molar-refractivity contribution in [3.8, 4) is 0 Å². The van der Waals surface area contributed by atoms with Gasteiger partial charge in [-0.2, -0.15) is 0 Å². The number of rotatable bonds is 73. The molecule has 0 saturated carbocycles. The average molecular weight is 1180 g/mol. The van der Waals surface area contributed by atoms with Crippen LogP contribution >= 0.6 is 0 Å². The minimum Gasteiger partial charge on any atom is -0.466 e. The first-order valence-electron chi connectivity index (χ1n) is 38.6. The topological polar surface area (TPSA) is 95.9 Å². The predicted molar refractivity (Wildman–Crippen MR) is 370 cm³/mol. The lowest BCUT2D eigenvalue weighted by atomic mass is 10.0. The fourth-order valence-corrected chi connectivity index (χ4v) is 12.3. The second kappa shape index (κ2) is 73.8. The van der Waals surface area contributed by atoms with Gasteiger partial charge in [-0.25, -0.2) is 0 Å². The first-order valence-corrected chi connectivity index (χ1v) is 38.6. The van der Waals surface area contributed by atoms with Crippen LogP contribution in [-0.4, -0.2) is 47.4 Å². The van der Waals surface area contributed by atoms with Crippen molar-refractivity contribution in [2.24, 2.45) is 0 Å². The number of esters is 1. The van der Waals surface area contributed by atoms with Crippen LogP contribution < -0.4 is 5.32 Å². The maximum absolute atomic E-state index is 12.5. The fourth-order valence-electron chi connectivity index (χ4n) is 12.3. The molecule has 0 heterocycles. The second-order valence-electron chi connectivity index (χ2n) is 26.7. The highest BCUT2D eigenvalue weighted by molar-refractivity contribution is 5.76. The normalized spacial score (nSPS) is 12.6. The van der Waals surface area contributed by atoms with Crippen molar-refractivity contribution in [2.45, 2.75) is 450 Å². The van der Waals surface area contributed by atoms with Crippen molar-refractivity contribution >= 4 is 11.9 Å². The molecule has 0 spiro atoms. The van der Waals surface area contributed by atoms with Crippen molar-refractivity contribution in [3.63, 3.8) is 0 Å². The number of nitrogens with one attached hydrogen (secondary N) is 1. The maximum atomic E-state index is 12.5. The summed E-state index contributed by atoms with van der Waals surface area (Å²) in [6.07, 6.45) is 94.4. The average Bonchev–Trinajstić information content (AvgIpc) is 3.51. The van der Waals surface area contributed by atoms with Gasteiger partial charge in [-0.05, 0) is 57.8 Å². The molecule has 1 amide bonds. The molecule has 3 N–H and O–H groups in total. The Morgan fingerprint density at radius 3 is 0.845 bits per heavy atom. The molecule has 2 atom stereocenters. The molecule has 0 radical (unpaired) electrons. The Morgan fingerprint density at radius 1 is 0.321 bits per heavy atom. The van der Waals surface area contributed by atoms with E-state index in [1.807, 2.05) is 6.08 Å². The third kappa shape index (κ3) is 69.4.